The summed E-state index contributed by atoms with van der Waals surface area (Å²) in [4.78, 5) is 3.29. The van der Waals surface area contributed by atoms with Gasteiger partial charge < -0.3 is 15.8 Å². The molecule has 0 amide bonds. The Labute approximate surface area is 131 Å². The molecule has 22 heavy (non-hydrogen) atoms. The van der Waals surface area contributed by atoms with E-state index in [9.17, 15) is 0 Å². The summed E-state index contributed by atoms with van der Waals surface area (Å²) in [5.41, 5.74) is 9.94. The molecule has 0 aliphatic carbocycles. The van der Waals surface area contributed by atoms with Crippen LogP contribution in [0.1, 0.15) is 22.3 Å². The van der Waals surface area contributed by atoms with Gasteiger partial charge in [-0.05, 0) is 19.4 Å². The van der Waals surface area contributed by atoms with Crippen molar-refractivity contribution in [3.63, 3.8) is 0 Å². The average molecular weight is 295 g/mol. The predicted molar refractivity (Wildman–Crippen MR) is 89.8 cm³/mol. The van der Waals surface area contributed by atoms with E-state index < -0.39 is 0 Å². The van der Waals surface area contributed by atoms with Crippen LogP contribution in [-0.4, -0.2) is 11.0 Å². The van der Waals surface area contributed by atoms with Crippen molar-refractivity contribution in [2.24, 2.45) is 10.9 Å². The molecule has 3 N–H and O–H groups in total. The number of nitrogens with zero attached hydrogens (tertiary/aromatic N) is 2. The number of rotatable bonds is 3. The van der Waals surface area contributed by atoms with Crippen LogP contribution in [0.4, 0.5) is 0 Å². The molecule has 0 radical (unpaired) electrons. The van der Waals surface area contributed by atoms with Crippen molar-refractivity contribution in [2.45, 2.75) is 26.8 Å². The Morgan fingerprint density at radius 2 is 1.45 bits per heavy atom. The van der Waals surface area contributed by atoms with E-state index in [1.165, 1.54) is 11.1 Å². The van der Waals surface area contributed by atoms with Gasteiger partial charge in [-0.2, -0.15) is 0 Å². The fourth-order valence-corrected chi connectivity index (χ4v) is 1.74. The van der Waals surface area contributed by atoms with Crippen LogP contribution in [0.3, 0.4) is 0 Å². The molecule has 0 aliphatic heterocycles. The van der Waals surface area contributed by atoms with E-state index in [-0.39, 0.29) is 5.84 Å². The molecule has 2 aromatic rings. The highest BCUT2D eigenvalue weighted by atomic mass is 16.4. The summed E-state index contributed by atoms with van der Waals surface area (Å²) >= 11 is 0. The standard InChI is InChI=1S/C9H12N2O.C9H9N/c1-7-2-4-8(5-3-7)6-9(10)11-12;1-8-3-5-9(6-4-8)7-10-2/h2-5,12H,6H2,1H3,(H2,10,11);3-6H,7H2,1H3. The van der Waals surface area contributed by atoms with Crippen LogP contribution in [0.25, 0.3) is 4.85 Å². The van der Waals surface area contributed by atoms with Crippen LogP contribution in [-0.2, 0) is 13.0 Å². The van der Waals surface area contributed by atoms with Gasteiger partial charge in [0.25, 0.3) is 0 Å². The molecule has 0 bridgehead atoms. The summed E-state index contributed by atoms with van der Waals surface area (Å²) in [7, 11) is 0. The highest BCUT2D eigenvalue weighted by molar-refractivity contribution is 5.81. The third-order valence-corrected chi connectivity index (χ3v) is 3.02. The number of hydrogen-bond donors (Lipinski definition) is 2. The maximum Gasteiger partial charge on any atom is 0.239 e. The molecule has 0 unspecified atom stereocenters. The Morgan fingerprint density at radius 1 is 1.00 bits per heavy atom. The first-order chi connectivity index (χ1) is 10.5. The van der Waals surface area contributed by atoms with E-state index in [0.29, 0.717) is 13.0 Å². The smallest absolute Gasteiger partial charge is 0.239 e. The molecule has 0 saturated carbocycles. The molecule has 2 rings (SSSR count). The van der Waals surface area contributed by atoms with Gasteiger partial charge in [0.1, 0.15) is 5.84 Å². The third kappa shape index (κ3) is 6.58. The van der Waals surface area contributed by atoms with Crippen LogP contribution < -0.4 is 5.73 Å². The minimum absolute atomic E-state index is 0.235. The molecule has 2 aromatic carbocycles. The highest BCUT2D eigenvalue weighted by Crippen LogP contribution is 2.04. The largest absolute Gasteiger partial charge is 0.409 e. The minimum Gasteiger partial charge on any atom is -0.409 e. The van der Waals surface area contributed by atoms with Crippen molar-refractivity contribution in [3.8, 4) is 0 Å². The zero-order chi connectivity index (χ0) is 16.4. The van der Waals surface area contributed by atoms with Crippen molar-refractivity contribution in [2.75, 3.05) is 0 Å². The summed E-state index contributed by atoms with van der Waals surface area (Å²) in [6.07, 6.45) is 0.497. The van der Waals surface area contributed by atoms with Crippen LogP contribution >= 0.6 is 0 Å². The second-order valence-electron chi connectivity index (χ2n) is 5.06. The molecule has 0 saturated heterocycles. The normalized spacial score (nSPS) is 10.3. The fourth-order valence-electron chi connectivity index (χ4n) is 1.74. The lowest BCUT2D eigenvalue weighted by atomic mass is 10.1. The molecule has 0 fully saturated rings. The lowest BCUT2D eigenvalue weighted by molar-refractivity contribution is 0.317. The lowest BCUT2D eigenvalue weighted by Gasteiger charge is -1.99. The first-order valence-electron chi connectivity index (χ1n) is 6.96. The Morgan fingerprint density at radius 3 is 1.86 bits per heavy atom. The SMILES string of the molecule is Cc1ccc(CC(N)=NO)cc1.[C-]#[N+]Cc1ccc(C)cc1. The molecule has 4 heteroatoms. The van der Waals surface area contributed by atoms with Gasteiger partial charge in [0.2, 0.25) is 6.54 Å². The number of benzene rings is 2. The van der Waals surface area contributed by atoms with Crippen molar-refractivity contribution in [1.82, 2.24) is 0 Å². The number of hydrogen-bond acceptors (Lipinski definition) is 2. The van der Waals surface area contributed by atoms with E-state index in [2.05, 4.69) is 10.0 Å². The summed E-state index contributed by atoms with van der Waals surface area (Å²) in [6.45, 7) is 11.2. The van der Waals surface area contributed by atoms with Crippen molar-refractivity contribution in [1.29, 1.82) is 0 Å². The Hall–Kier alpha value is -2.80. The van der Waals surface area contributed by atoms with Gasteiger partial charge in [0.15, 0.2) is 0 Å². The Kier molecular flexibility index (Phi) is 7.21. The molecule has 0 aliphatic rings. The number of amidine groups is 1. The molecule has 0 spiro atoms. The molecule has 0 heterocycles. The molecular weight excluding hydrogens is 274 g/mol. The van der Waals surface area contributed by atoms with Crippen molar-refractivity contribution in [3.05, 3.63) is 82.2 Å². The average Bonchev–Trinajstić information content (AvgIpc) is 2.53. The van der Waals surface area contributed by atoms with Gasteiger partial charge in [-0.25, -0.2) is 6.57 Å². The predicted octanol–water partition coefficient (Wildman–Crippen LogP) is 3.70. The summed E-state index contributed by atoms with van der Waals surface area (Å²) < 4.78 is 0. The summed E-state index contributed by atoms with van der Waals surface area (Å²) in [6, 6.07) is 16.0. The number of oxime groups is 1. The second-order valence-corrected chi connectivity index (χ2v) is 5.06. The maximum absolute atomic E-state index is 8.31. The van der Waals surface area contributed by atoms with E-state index in [0.717, 1.165) is 11.1 Å². The molecular formula is C18H21N3O. The fraction of sp³-hybridized carbons (Fsp3) is 0.222. The first kappa shape index (κ1) is 17.3. The van der Waals surface area contributed by atoms with Crippen molar-refractivity contribution >= 4 is 5.84 Å². The maximum atomic E-state index is 8.31. The van der Waals surface area contributed by atoms with Gasteiger partial charge in [0, 0.05) is 12.0 Å². The van der Waals surface area contributed by atoms with Gasteiger partial charge in [-0.3, -0.25) is 0 Å². The topological polar surface area (TPSA) is 63.0 Å². The Bertz CT molecular complexity index is 638. The van der Waals surface area contributed by atoms with Crippen LogP contribution in [0, 0.1) is 20.4 Å². The van der Waals surface area contributed by atoms with Gasteiger partial charge >= 0.3 is 0 Å². The first-order valence-corrected chi connectivity index (χ1v) is 6.96. The van der Waals surface area contributed by atoms with Gasteiger partial charge in [-0.1, -0.05) is 64.8 Å². The van der Waals surface area contributed by atoms with Crippen LogP contribution in [0.15, 0.2) is 53.7 Å². The third-order valence-electron chi connectivity index (χ3n) is 3.02. The van der Waals surface area contributed by atoms with E-state index in [1.54, 1.807) is 0 Å². The zero-order valence-corrected chi connectivity index (χ0v) is 13.0. The highest BCUT2D eigenvalue weighted by Gasteiger charge is 1.95. The summed E-state index contributed by atoms with van der Waals surface area (Å²) in [5.74, 6) is 0.235. The molecule has 0 atom stereocenters. The van der Waals surface area contributed by atoms with Crippen LogP contribution in [0.2, 0.25) is 0 Å². The molecule has 114 valence electrons. The van der Waals surface area contributed by atoms with E-state index in [4.69, 9.17) is 17.5 Å². The Balaban J connectivity index is 0.000000224. The molecule has 0 aromatic heterocycles. The number of aryl methyl sites for hydroxylation is 2. The lowest BCUT2D eigenvalue weighted by Crippen LogP contribution is -2.14. The van der Waals surface area contributed by atoms with Crippen LogP contribution in [0.5, 0.6) is 0 Å². The van der Waals surface area contributed by atoms with E-state index in [1.807, 2.05) is 62.4 Å². The van der Waals surface area contributed by atoms with Crippen molar-refractivity contribution < 1.29 is 5.21 Å². The quantitative estimate of drug-likeness (QED) is 0.298. The second kappa shape index (κ2) is 9.19. The summed E-state index contributed by atoms with van der Waals surface area (Å²) in [5, 5.41) is 11.2. The number of nitrogens with two attached hydrogens (primary N) is 1. The molecule has 4 nitrogen and oxygen atoms in total. The van der Waals surface area contributed by atoms with Gasteiger partial charge in [-0.15, -0.1) is 0 Å². The monoisotopic (exact) mass is 295 g/mol. The zero-order valence-electron chi connectivity index (χ0n) is 13.0. The van der Waals surface area contributed by atoms with E-state index >= 15 is 0 Å². The minimum atomic E-state index is 0.235. The van der Waals surface area contributed by atoms with Gasteiger partial charge in [0.05, 0.1) is 0 Å².